The summed E-state index contributed by atoms with van der Waals surface area (Å²) in [7, 11) is 0. The van der Waals surface area contributed by atoms with Crippen molar-refractivity contribution in [2.75, 3.05) is 0 Å². The van der Waals surface area contributed by atoms with E-state index in [0.717, 1.165) is 23.7 Å². The molecule has 0 aromatic carbocycles. The Morgan fingerprint density at radius 3 is 1.93 bits per heavy atom. The van der Waals surface area contributed by atoms with Crippen LogP contribution in [0.1, 0.15) is 39.0 Å². The third-order valence-electron chi connectivity index (χ3n) is 5.27. The largest absolute Gasteiger partial charge is 0.481 e. The number of rotatable bonds is 2. The van der Waals surface area contributed by atoms with Gasteiger partial charge in [-0.15, -0.1) is 0 Å². The molecule has 1 atom stereocenters. The zero-order chi connectivity index (χ0) is 10.6. The normalized spacial score (nSPS) is 49.3. The second-order valence-electron chi connectivity index (χ2n) is 6.13. The highest BCUT2D eigenvalue weighted by atomic mass is 16.4. The SMILES string of the molecule is C[C@H](C(=O)O)C1C2CC3CC(C2)CC1C3. The summed E-state index contributed by atoms with van der Waals surface area (Å²) in [5.41, 5.74) is 0. The molecule has 4 aliphatic carbocycles. The molecule has 0 radical (unpaired) electrons. The second kappa shape index (κ2) is 3.23. The Bertz CT molecular complexity index is 256. The summed E-state index contributed by atoms with van der Waals surface area (Å²) < 4.78 is 0. The second-order valence-corrected chi connectivity index (χ2v) is 6.13. The Kier molecular flexibility index (Phi) is 2.08. The molecule has 2 heteroatoms. The fourth-order valence-electron chi connectivity index (χ4n) is 4.95. The Morgan fingerprint density at radius 1 is 1.07 bits per heavy atom. The quantitative estimate of drug-likeness (QED) is 0.757. The van der Waals surface area contributed by atoms with E-state index in [1.165, 1.54) is 32.1 Å². The molecule has 4 fully saturated rings. The molecule has 1 N–H and O–H groups in total. The lowest BCUT2D eigenvalue weighted by atomic mass is 9.50. The van der Waals surface area contributed by atoms with Crippen molar-refractivity contribution in [3.63, 3.8) is 0 Å². The van der Waals surface area contributed by atoms with E-state index < -0.39 is 5.97 Å². The molecule has 2 nitrogen and oxygen atoms in total. The standard InChI is InChI=1S/C13H20O2/c1-7(13(14)15)12-10-3-8-2-9(5-10)6-11(12)4-8/h7-12H,2-6H2,1H3,(H,14,15)/t7-,8?,9?,10?,11?,12?/m0/s1. The first kappa shape index (κ1) is 9.68. The minimum atomic E-state index is -0.576. The van der Waals surface area contributed by atoms with Gasteiger partial charge in [0.25, 0.3) is 0 Å². The molecule has 0 aliphatic heterocycles. The van der Waals surface area contributed by atoms with Gasteiger partial charge in [-0.2, -0.15) is 0 Å². The van der Waals surface area contributed by atoms with Crippen LogP contribution in [0.25, 0.3) is 0 Å². The van der Waals surface area contributed by atoms with Gasteiger partial charge >= 0.3 is 5.97 Å². The van der Waals surface area contributed by atoms with Gasteiger partial charge in [0.1, 0.15) is 0 Å². The average Bonchev–Trinajstić information content (AvgIpc) is 2.15. The molecule has 0 amide bonds. The first-order valence-corrected chi connectivity index (χ1v) is 6.38. The van der Waals surface area contributed by atoms with Crippen molar-refractivity contribution in [1.82, 2.24) is 0 Å². The van der Waals surface area contributed by atoms with Crippen LogP contribution in [0.4, 0.5) is 0 Å². The third kappa shape index (κ3) is 1.41. The summed E-state index contributed by atoms with van der Waals surface area (Å²) in [6.45, 7) is 1.93. The third-order valence-corrected chi connectivity index (χ3v) is 5.27. The van der Waals surface area contributed by atoms with Crippen LogP contribution in [-0.4, -0.2) is 11.1 Å². The molecule has 0 spiro atoms. The number of carboxylic acid groups (broad SMARTS) is 1. The molecule has 0 saturated heterocycles. The van der Waals surface area contributed by atoms with Crippen LogP contribution in [0.3, 0.4) is 0 Å². The molecule has 4 bridgehead atoms. The van der Waals surface area contributed by atoms with Crippen LogP contribution >= 0.6 is 0 Å². The maximum absolute atomic E-state index is 11.1. The van der Waals surface area contributed by atoms with E-state index in [0.29, 0.717) is 5.92 Å². The van der Waals surface area contributed by atoms with Gasteiger partial charge in [0.15, 0.2) is 0 Å². The van der Waals surface area contributed by atoms with Crippen LogP contribution in [-0.2, 0) is 4.79 Å². The molecule has 0 heterocycles. The maximum Gasteiger partial charge on any atom is 0.306 e. The van der Waals surface area contributed by atoms with Crippen LogP contribution in [0.15, 0.2) is 0 Å². The number of hydrogen-bond donors (Lipinski definition) is 1. The smallest absolute Gasteiger partial charge is 0.306 e. The molecular formula is C13H20O2. The maximum atomic E-state index is 11.1. The molecule has 15 heavy (non-hydrogen) atoms. The van der Waals surface area contributed by atoms with Crippen molar-refractivity contribution in [1.29, 1.82) is 0 Å². The van der Waals surface area contributed by atoms with Crippen molar-refractivity contribution >= 4 is 5.97 Å². The summed E-state index contributed by atoms with van der Waals surface area (Å²) in [4.78, 5) is 11.1. The van der Waals surface area contributed by atoms with Crippen molar-refractivity contribution < 1.29 is 9.90 Å². The molecule has 0 aromatic rings. The summed E-state index contributed by atoms with van der Waals surface area (Å²) in [6, 6.07) is 0. The van der Waals surface area contributed by atoms with Crippen molar-refractivity contribution in [3.8, 4) is 0 Å². The highest BCUT2D eigenvalue weighted by Crippen LogP contribution is 2.58. The van der Waals surface area contributed by atoms with E-state index in [1.54, 1.807) is 0 Å². The number of hydrogen-bond acceptors (Lipinski definition) is 1. The molecule has 84 valence electrons. The average molecular weight is 208 g/mol. The van der Waals surface area contributed by atoms with Crippen molar-refractivity contribution in [2.24, 2.45) is 35.5 Å². The fourth-order valence-corrected chi connectivity index (χ4v) is 4.95. The Labute approximate surface area is 91.1 Å². The minimum Gasteiger partial charge on any atom is -0.481 e. The number of aliphatic carboxylic acids is 1. The van der Waals surface area contributed by atoms with Crippen molar-refractivity contribution in [3.05, 3.63) is 0 Å². The minimum absolute atomic E-state index is 0.111. The lowest BCUT2D eigenvalue weighted by molar-refractivity contribution is -0.150. The van der Waals surface area contributed by atoms with Gasteiger partial charge in [0.05, 0.1) is 5.92 Å². The molecule has 4 rings (SSSR count). The van der Waals surface area contributed by atoms with Crippen LogP contribution in [0.2, 0.25) is 0 Å². The Hall–Kier alpha value is -0.530. The predicted octanol–water partition coefficient (Wildman–Crippen LogP) is 2.78. The Balaban J connectivity index is 1.83. The topological polar surface area (TPSA) is 37.3 Å². The molecule has 0 unspecified atom stereocenters. The molecule has 0 aromatic heterocycles. The van der Waals surface area contributed by atoms with Gasteiger partial charge in [-0.25, -0.2) is 0 Å². The van der Waals surface area contributed by atoms with E-state index in [2.05, 4.69) is 0 Å². The lowest BCUT2D eigenvalue weighted by Crippen LogP contribution is -2.48. The predicted molar refractivity (Wildman–Crippen MR) is 57.3 cm³/mol. The van der Waals surface area contributed by atoms with E-state index in [4.69, 9.17) is 5.11 Å². The Morgan fingerprint density at radius 2 is 1.53 bits per heavy atom. The van der Waals surface area contributed by atoms with Gasteiger partial charge in [0.2, 0.25) is 0 Å². The van der Waals surface area contributed by atoms with Gasteiger partial charge in [-0.3, -0.25) is 4.79 Å². The summed E-state index contributed by atoms with van der Waals surface area (Å²) >= 11 is 0. The fraction of sp³-hybridized carbons (Fsp3) is 0.923. The molecule has 4 aliphatic rings. The first-order chi connectivity index (χ1) is 7.15. The number of carbonyl (C=O) groups is 1. The van der Waals surface area contributed by atoms with Crippen LogP contribution < -0.4 is 0 Å². The molecular weight excluding hydrogens is 188 g/mol. The van der Waals surface area contributed by atoms with Gasteiger partial charge in [-0.1, -0.05) is 6.92 Å². The lowest BCUT2D eigenvalue weighted by Gasteiger charge is -2.55. The highest BCUT2D eigenvalue weighted by Gasteiger charge is 2.50. The zero-order valence-electron chi connectivity index (χ0n) is 9.36. The van der Waals surface area contributed by atoms with E-state index >= 15 is 0 Å². The summed E-state index contributed by atoms with van der Waals surface area (Å²) in [6.07, 6.45) is 6.76. The van der Waals surface area contributed by atoms with E-state index in [-0.39, 0.29) is 5.92 Å². The van der Waals surface area contributed by atoms with E-state index in [1.807, 2.05) is 6.92 Å². The molecule has 4 saturated carbocycles. The van der Waals surface area contributed by atoms with Crippen LogP contribution in [0.5, 0.6) is 0 Å². The number of carboxylic acids is 1. The van der Waals surface area contributed by atoms with Gasteiger partial charge in [0, 0.05) is 0 Å². The van der Waals surface area contributed by atoms with Crippen LogP contribution in [0, 0.1) is 35.5 Å². The monoisotopic (exact) mass is 208 g/mol. The highest BCUT2D eigenvalue weighted by molar-refractivity contribution is 5.70. The summed E-state index contributed by atoms with van der Waals surface area (Å²) in [5, 5.41) is 9.17. The van der Waals surface area contributed by atoms with E-state index in [9.17, 15) is 4.79 Å². The zero-order valence-corrected chi connectivity index (χ0v) is 9.36. The van der Waals surface area contributed by atoms with Crippen molar-refractivity contribution in [2.45, 2.75) is 39.0 Å². The van der Waals surface area contributed by atoms with Gasteiger partial charge < -0.3 is 5.11 Å². The van der Waals surface area contributed by atoms with Gasteiger partial charge in [-0.05, 0) is 61.7 Å². The summed E-state index contributed by atoms with van der Waals surface area (Å²) in [5.74, 6) is 3.19. The first-order valence-electron chi connectivity index (χ1n) is 6.38.